The van der Waals surface area contributed by atoms with E-state index < -0.39 is 5.54 Å². The highest BCUT2D eigenvalue weighted by Crippen LogP contribution is 2.39. The van der Waals surface area contributed by atoms with Crippen LogP contribution in [-0.2, 0) is 0 Å². The molecule has 0 bridgehead atoms. The van der Waals surface area contributed by atoms with Crippen LogP contribution < -0.4 is 5.32 Å². The van der Waals surface area contributed by atoms with Crippen molar-refractivity contribution in [1.29, 1.82) is 0 Å². The van der Waals surface area contributed by atoms with Crippen molar-refractivity contribution in [2.45, 2.75) is 46.1 Å². The number of nitrogens with one attached hydrogen (secondary N) is 1. The molecule has 0 aliphatic heterocycles. The third-order valence-corrected chi connectivity index (χ3v) is 4.73. The van der Waals surface area contributed by atoms with Crippen molar-refractivity contribution in [3.05, 3.63) is 34.8 Å². The lowest BCUT2D eigenvalue weighted by Gasteiger charge is -2.28. The van der Waals surface area contributed by atoms with E-state index in [2.05, 4.69) is 10.5 Å². The predicted octanol–water partition coefficient (Wildman–Crippen LogP) is 2.28. The first-order valence-electron chi connectivity index (χ1n) is 7.91. The van der Waals surface area contributed by atoms with Crippen molar-refractivity contribution in [2.75, 3.05) is 6.61 Å². The molecule has 0 spiro atoms. The number of carbonyl (C=O) groups is 1. The van der Waals surface area contributed by atoms with Gasteiger partial charge < -0.3 is 14.9 Å². The molecule has 124 valence electrons. The van der Waals surface area contributed by atoms with E-state index in [1.54, 1.807) is 0 Å². The molecule has 3 rings (SSSR count). The Morgan fingerprint density at radius 2 is 2.13 bits per heavy atom. The first kappa shape index (κ1) is 15.8. The Hall–Kier alpha value is -2.08. The molecular weight excluding hydrogens is 294 g/mol. The van der Waals surface area contributed by atoms with Gasteiger partial charge in [-0.3, -0.25) is 9.36 Å². The van der Waals surface area contributed by atoms with Crippen LogP contribution in [0.3, 0.4) is 0 Å². The Morgan fingerprint density at radius 3 is 2.65 bits per heavy atom. The molecule has 1 aliphatic rings. The molecule has 1 amide bonds. The number of carbonyl (C=O) groups excluding carboxylic acids is 1. The molecule has 6 heteroatoms. The second-order valence-electron chi connectivity index (χ2n) is 6.72. The van der Waals surface area contributed by atoms with Crippen molar-refractivity contribution < 1.29 is 14.4 Å². The van der Waals surface area contributed by atoms with Crippen LogP contribution in [0.2, 0.25) is 0 Å². The van der Waals surface area contributed by atoms with Crippen molar-refractivity contribution in [3.63, 3.8) is 0 Å². The molecule has 1 unspecified atom stereocenters. The lowest BCUT2D eigenvalue weighted by Crippen LogP contribution is -2.50. The van der Waals surface area contributed by atoms with Gasteiger partial charge in [0.1, 0.15) is 5.76 Å². The van der Waals surface area contributed by atoms with Crippen LogP contribution >= 0.6 is 0 Å². The quantitative estimate of drug-likeness (QED) is 0.886. The third kappa shape index (κ3) is 2.79. The Morgan fingerprint density at radius 1 is 1.43 bits per heavy atom. The van der Waals surface area contributed by atoms with Gasteiger partial charge >= 0.3 is 0 Å². The Balaban J connectivity index is 1.90. The van der Waals surface area contributed by atoms with Crippen LogP contribution in [0.4, 0.5) is 0 Å². The SMILES string of the molecule is Cc1cc(-n2c(C)cc(C(=O)NC(C)(CO)C3CC3)c2C)no1. The molecule has 6 nitrogen and oxygen atoms in total. The normalized spacial score (nSPS) is 17.1. The molecule has 2 aromatic heterocycles. The van der Waals surface area contributed by atoms with Crippen LogP contribution in [0.25, 0.3) is 5.82 Å². The summed E-state index contributed by atoms with van der Waals surface area (Å²) < 4.78 is 7.03. The van der Waals surface area contributed by atoms with E-state index in [9.17, 15) is 9.90 Å². The van der Waals surface area contributed by atoms with Crippen LogP contribution in [0.15, 0.2) is 16.7 Å². The molecule has 23 heavy (non-hydrogen) atoms. The molecule has 1 saturated carbocycles. The van der Waals surface area contributed by atoms with Gasteiger partial charge in [-0.25, -0.2) is 0 Å². The first-order chi connectivity index (χ1) is 10.9. The van der Waals surface area contributed by atoms with Gasteiger partial charge in [-0.15, -0.1) is 0 Å². The molecule has 1 fully saturated rings. The standard InChI is InChI=1S/C17H23N3O3/c1-10-7-14(12(3)20(10)15-8-11(2)23-19-15)16(22)18-17(4,9-21)13-5-6-13/h7-8,13,21H,5-6,9H2,1-4H3,(H,18,22). The molecule has 0 saturated heterocycles. The van der Waals surface area contributed by atoms with Crippen LogP contribution in [0.1, 0.15) is 47.3 Å². The second kappa shape index (κ2) is 5.53. The van der Waals surface area contributed by atoms with Gasteiger partial charge in [0.05, 0.1) is 17.7 Å². The molecule has 2 N–H and O–H groups in total. The van der Waals surface area contributed by atoms with E-state index in [0.717, 1.165) is 30.0 Å². The predicted molar refractivity (Wildman–Crippen MR) is 85.7 cm³/mol. The van der Waals surface area contributed by atoms with Gasteiger partial charge in [0.2, 0.25) is 0 Å². The zero-order valence-corrected chi connectivity index (χ0v) is 14.0. The topological polar surface area (TPSA) is 80.3 Å². The van der Waals surface area contributed by atoms with E-state index >= 15 is 0 Å². The highest BCUT2D eigenvalue weighted by atomic mass is 16.5. The van der Waals surface area contributed by atoms with E-state index in [1.807, 2.05) is 44.4 Å². The summed E-state index contributed by atoms with van der Waals surface area (Å²) in [7, 11) is 0. The minimum Gasteiger partial charge on any atom is -0.394 e. The average molecular weight is 317 g/mol. The zero-order chi connectivity index (χ0) is 16.8. The number of hydrogen-bond acceptors (Lipinski definition) is 4. The maximum atomic E-state index is 12.7. The summed E-state index contributed by atoms with van der Waals surface area (Å²) in [6.45, 7) is 7.51. The van der Waals surface area contributed by atoms with Crippen LogP contribution in [0, 0.1) is 26.7 Å². The van der Waals surface area contributed by atoms with E-state index in [4.69, 9.17) is 4.52 Å². The van der Waals surface area contributed by atoms with E-state index in [0.29, 0.717) is 17.3 Å². The van der Waals surface area contributed by atoms with Gasteiger partial charge in [0.25, 0.3) is 5.91 Å². The lowest BCUT2D eigenvalue weighted by molar-refractivity contribution is 0.0824. The maximum absolute atomic E-state index is 12.7. The summed E-state index contributed by atoms with van der Waals surface area (Å²) in [6, 6.07) is 3.68. The minimum atomic E-state index is -0.552. The van der Waals surface area contributed by atoms with E-state index in [-0.39, 0.29) is 12.5 Å². The summed E-state index contributed by atoms with van der Waals surface area (Å²) in [6.07, 6.45) is 2.10. The van der Waals surface area contributed by atoms with Crippen molar-refractivity contribution in [2.24, 2.45) is 5.92 Å². The summed E-state index contributed by atoms with van der Waals surface area (Å²) in [4.78, 5) is 12.7. The fourth-order valence-electron chi connectivity index (χ4n) is 3.12. The number of aliphatic hydroxyl groups is 1. The number of aromatic nitrogens is 2. The highest BCUT2D eigenvalue weighted by Gasteiger charge is 2.42. The maximum Gasteiger partial charge on any atom is 0.253 e. The Labute approximate surface area is 135 Å². The number of aryl methyl sites for hydroxylation is 2. The molecule has 0 radical (unpaired) electrons. The number of rotatable bonds is 5. The summed E-state index contributed by atoms with van der Waals surface area (Å²) in [5.41, 5.74) is 1.77. The van der Waals surface area contributed by atoms with Crippen LogP contribution in [0.5, 0.6) is 0 Å². The van der Waals surface area contributed by atoms with Gasteiger partial charge in [0, 0.05) is 17.5 Å². The van der Waals surface area contributed by atoms with Crippen LogP contribution in [-0.4, -0.2) is 32.9 Å². The summed E-state index contributed by atoms with van der Waals surface area (Å²) in [5, 5.41) is 16.7. The van der Waals surface area contributed by atoms with Gasteiger partial charge in [-0.1, -0.05) is 5.16 Å². The first-order valence-corrected chi connectivity index (χ1v) is 7.91. The van der Waals surface area contributed by atoms with Gasteiger partial charge in [-0.2, -0.15) is 0 Å². The largest absolute Gasteiger partial charge is 0.394 e. The molecule has 1 atom stereocenters. The highest BCUT2D eigenvalue weighted by molar-refractivity contribution is 5.96. The fourth-order valence-corrected chi connectivity index (χ4v) is 3.12. The summed E-state index contributed by atoms with van der Waals surface area (Å²) in [5.74, 6) is 1.59. The number of hydrogen-bond donors (Lipinski definition) is 2. The lowest BCUT2D eigenvalue weighted by atomic mass is 9.96. The van der Waals surface area contributed by atoms with Crippen molar-refractivity contribution in [3.8, 4) is 5.82 Å². The van der Waals surface area contributed by atoms with Gasteiger partial charge in [0.15, 0.2) is 5.82 Å². The Bertz CT molecular complexity index is 742. The second-order valence-corrected chi connectivity index (χ2v) is 6.72. The van der Waals surface area contributed by atoms with Crippen molar-refractivity contribution in [1.82, 2.24) is 15.0 Å². The van der Waals surface area contributed by atoms with E-state index in [1.165, 1.54) is 0 Å². The number of amides is 1. The van der Waals surface area contributed by atoms with Crippen molar-refractivity contribution >= 4 is 5.91 Å². The minimum absolute atomic E-state index is 0.0510. The number of aliphatic hydroxyl groups excluding tert-OH is 1. The monoisotopic (exact) mass is 317 g/mol. The Kier molecular flexibility index (Phi) is 3.80. The molecular formula is C17H23N3O3. The molecule has 2 heterocycles. The fraction of sp³-hybridized carbons (Fsp3) is 0.529. The zero-order valence-electron chi connectivity index (χ0n) is 14.0. The molecule has 1 aliphatic carbocycles. The average Bonchev–Trinajstić information content (AvgIpc) is 3.22. The third-order valence-electron chi connectivity index (χ3n) is 4.73. The smallest absolute Gasteiger partial charge is 0.253 e. The van der Waals surface area contributed by atoms with Gasteiger partial charge in [-0.05, 0) is 52.5 Å². The number of nitrogens with zero attached hydrogens (tertiary/aromatic N) is 2. The molecule has 0 aromatic carbocycles. The summed E-state index contributed by atoms with van der Waals surface area (Å²) >= 11 is 0. The molecule has 2 aromatic rings.